The van der Waals surface area contributed by atoms with Gasteiger partial charge in [-0.3, -0.25) is 9.36 Å². The summed E-state index contributed by atoms with van der Waals surface area (Å²) in [6, 6.07) is 13.9. The van der Waals surface area contributed by atoms with Crippen LogP contribution in [0.15, 0.2) is 65.6 Å². The van der Waals surface area contributed by atoms with Crippen molar-refractivity contribution in [2.24, 2.45) is 0 Å². The maximum Gasteiger partial charge on any atom is 0.416 e. The Morgan fingerprint density at radius 3 is 2.38 bits per heavy atom. The number of aromatic nitrogens is 2. The molecule has 3 heterocycles. The zero-order valence-electron chi connectivity index (χ0n) is 17.9. The molecular formula is C25H24F3N3O. The van der Waals surface area contributed by atoms with E-state index in [2.05, 4.69) is 10.3 Å². The minimum absolute atomic E-state index is 0.246. The number of nitrogens with one attached hydrogen (secondary N) is 2. The van der Waals surface area contributed by atoms with Crippen LogP contribution in [0.5, 0.6) is 0 Å². The first-order valence-corrected chi connectivity index (χ1v) is 10.6. The zero-order chi connectivity index (χ0) is 22.9. The van der Waals surface area contributed by atoms with Gasteiger partial charge in [0.2, 0.25) is 0 Å². The summed E-state index contributed by atoms with van der Waals surface area (Å²) < 4.78 is 39.8. The number of H-pyrrole nitrogens is 1. The second-order valence-electron chi connectivity index (χ2n) is 7.44. The van der Waals surface area contributed by atoms with Crippen molar-refractivity contribution >= 4 is 10.9 Å². The lowest BCUT2D eigenvalue weighted by atomic mass is 10.0. The van der Waals surface area contributed by atoms with Gasteiger partial charge in [-0.15, -0.1) is 0 Å². The first-order chi connectivity index (χ1) is 15.4. The molecule has 166 valence electrons. The summed E-state index contributed by atoms with van der Waals surface area (Å²) in [4.78, 5) is 16.2. The number of alkyl halides is 3. The van der Waals surface area contributed by atoms with E-state index in [4.69, 9.17) is 0 Å². The smallest absolute Gasteiger partial charge is 0.357 e. The number of hydrogen-bond acceptors (Lipinski definition) is 2. The predicted octanol–water partition coefficient (Wildman–Crippen LogP) is 5.68. The maximum atomic E-state index is 12.8. The van der Waals surface area contributed by atoms with Gasteiger partial charge < -0.3 is 10.3 Å². The van der Waals surface area contributed by atoms with E-state index in [1.807, 2.05) is 32.0 Å². The molecule has 7 heteroatoms. The van der Waals surface area contributed by atoms with Crippen LogP contribution >= 0.6 is 0 Å². The molecule has 2 N–H and O–H groups in total. The molecule has 0 bridgehead atoms. The molecule has 2 aromatic heterocycles. The monoisotopic (exact) mass is 439 g/mol. The van der Waals surface area contributed by atoms with E-state index in [0.717, 1.165) is 42.8 Å². The Hall–Kier alpha value is -3.32. The molecule has 0 radical (unpaired) electrons. The number of benzene rings is 2. The van der Waals surface area contributed by atoms with Crippen molar-refractivity contribution in [2.45, 2.75) is 33.0 Å². The predicted molar refractivity (Wildman–Crippen MR) is 121 cm³/mol. The van der Waals surface area contributed by atoms with Gasteiger partial charge in [-0.05, 0) is 60.0 Å². The molecule has 0 saturated carbocycles. The Bertz CT molecular complexity index is 1300. The highest BCUT2D eigenvalue weighted by atomic mass is 19.4. The van der Waals surface area contributed by atoms with E-state index < -0.39 is 11.7 Å². The Balaban J connectivity index is 0.00000119. The molecule has 2 aromatic carbocycles. The quantitative estimate of drug-likeness (QED) is 0.422. The van der Waals surface area contributed by atoms with E-state index in [1.54, 1.807) is 12.3 Å². The highest BCUT2D eigenvalue weighted by molar-refractivity contribution is 5.86. The average molecular weight is 439 g/mol. The maximum absolute atomic E-state index is 12.8. The first-order valence-electron chi connectivity index (χ1n) is 10.6. The number of fused-ring (bicyclic) bond motifs is 3. The zero-order valence-corrected chi connectivity index (χ0v) is 17.9. The molecule has 1 aliphatic rings. The lowest BCUT2D eigenvalue weighted by Crippen LogP contribution is -2.22. The largest absolute Gasteiger partial charge is 0.416 e. The standard InChI is InChI=1S/C23H18F3N3O.C2H6/c24-23(25,26)16-3-1-14(2-4-16)15-8-10-29(22(30)11-15)17-5-6-18-19-7-9-27-13-21(19)28-20(18)12-17;1-2/h1-6,8,10-12,27-28H,7,9,13H2;1-2H3. The van der Waals surface area contributed by atoms with Gasteiger partial charge in [-0.25, -0.2) is 0 Å². The van der Waals surface area contributed by atoms with Crippen molar-refractivity contribution < 1.29 is 13.2 Å². The molecule has 0 fully saturated rings. The molecule has 0 unspecified atom stereocenters. The fourth-order valence-electron chi connectivity index (χ4n) is 4.04. The number of aromatic amines is 1. The van der Waals surface area contributed by atoms with Crippen LogP contribution in [0.25, 0.3) is 27.7 Å². The Labute approximate surface area is 183 Å². The van der Waals surface area contributed by atoms with E-state index >= 15 is 0 Å². The minimum Gasteiger partial charge on any atom is -0.357 e. The van der Waals surface area contributed by atoms with Gasteiger partial charge in [0.1, 0.15) is 0 Å². The highest BCUT2D eigenvalue weighted by Gasteiger charge is 2.30. The van der Waals surface area contributed by atoms with E-state index in [1.165, 1.54) is 39.4 Å². The number of hydrogen-bond donors (Lipinski definition) is 2. The summed E-state index contributed by atoms with van der Waals surface area (Å²) in [5.74, 6) is 0. The molecule has 0 atom stereocenters. The van der Waals surface area contributed by atoms with Gasteiger partial charge in [-0.2, -0.15) is 13.2 Å². The van der Waals surface area contributed by atoms with Crippen LogP contribution < -0.4 is 10.9 Å². The highest BCUT2D eigenvalue weighted by Crippen LogP contribution is 2.31. The van der Waals surface area contributed by atoms with Gasteiger partial charge >= 0.3 is 6.18 Å². The summed E-state index contributed by atoms with van der Waals surface area (Å²) in [6.45, 7) is 5.76. The molecule has 0 saturated heterocycles. The van der Waals surface area contributed by atoms with E-state index in [-0.39, 0.29) is 5.56 Å². The topological polar surface area (TPSA) is 49.8 Å². The van der Waals surface area contributed by atoms with E-state index in [9.17, 15) is 18.0 Å². The van der Waals surface area contributed by atoms with Crippen LogP contribution in [0.2, 0.25) is 0 Å². The number of halogens is 3. The van der Waals surface area contributed by atoms with Crippen LogP contribution in [0, 0.1) is 0 Å². The van der Waals surface area contributed by atoms with Gasteiger partial charge in [0.15, 0.2) is 0 Å². The molecule has 4 nitrogen and oxygen atoms in total. The second-order valence-corrected chi connectivity index (χ2v) is 7.44. The first kappa shape index (κ1) is 21.9. The molecule has 1 aliphatic heterocycles. The van der Waals surface area contributed by atoms with Crippen molar-refractivity contribution in [1.82, 2.24) is 14.9 Å². The molecule has 0 amide bonds. The molecule has 32 heavy (non-hydrogen) atoms. The molecule has 5 rings (SSSR count). The Morgan fingerprint density at radius 1 is 0.938 bits per heavy atom. The normalized spacial score (nSPS) is 13.4. The number of rotatable bonds is 2. The van der Waals surface area contributed by atoms with Crippen LogP contribution in [-0.4, -0.2) is 16.1 Å². The molecule has 4 aromatic rings. The molecule has 0 aliphatic carbocycles. The average Bonchev–Trinajstić information content (AvgIpc) is 3.17. The van der Waals surface area contributed by atoms with Crippen molar-refractivity contribution in [1.29, 1.82) is 0 Å². The van der Waals surface area contributed by atoms with Crippen molar-refractivity contribution in [2.75, 3.05) is 6.54 Å². The number of nitrogens with zero attached hydrogens (tertiary/aromatic N) is 1. The van der Waals surface area contributed by atoms with Crippen molar-refractivity contribution in [3.05, 3.63) is 88.0 Å². The lowest BCUT2D eigenvalue weighted by molar-refractivity contribution is -0.137. The SMILES string of the molecule is CC.O=c1cc(-c2ccc(C(F)(F)F)cc2)ccn1-c1ccc2c3c([nH]c2c1)CNCC3. The number of pyridine rings is 1. The van der Waals surface area contributed by atoms with E-state index in [0.29, 0.717) is 11.1 Å². The third-order valence-corrected chi connectivity index (χ3v) is 5.57. The fourth-order valence-corrected chi connectivity index (χ4v) is 4.04. The summed E-state index contributed by atoms with van der Waals surface area (Å²) in [5, 5.41) is 4.51. The van der Waals surface area contributed by atoms with Gasteiger partial charge in [0, 0.05) is 35.4 Å². The van der Waals surface area contributed by atoms with Crippen molar-refractivity contribution in [3.8, 4) is 16.8 Å². The Kier molecular flexibility index (Phi) is 5.93. The fraction of sp³-hybridized carbons (Fsp3) is 0.240. The summed E-state index contributed by atoms with van der Waals surface area (Å²) in [5.41, 5.74) is 4.40. The second kappa shape index (κ2) is 8.67. The summed E-state index contributed by atoms with van der Waals surface area (Å²) in [6.07, 6.45) is -1.76. The third-order valence-electron chi connectivity index (χ3n) is 5.57. The van der Waals surface area contributed by atoms with Crippen LogP contribution in [0.4, 0.5) is 13.2 Å². The lowest BCUT2D eigenvalue weighted by Gasteiger charge is -2.12. The minimum atomic E-state index is -4.38. The molecule has 0 spiro atoms. The Morgan fingerprint density at radius 2 is 1.69 bits per heavy atom. The van der Waals surface area contributed by atoms with Crippen molar-refractivity contribution in [3.63, 3.8) is 0 Å². The molecular weight excluding hydrogens is 415 g/mol. The summed E-state index contributed by atoms with van der Waals surface area (Å²) in [7, 11) is 0. The van der Waals surface area contributed by atoms with Crippen LogP contribution in [0.1, 0.15) is 30.7 Å². The van der Waals surface area contributed by atoms with Gasteiger partial charge in [0.05, 0.1) is 11.3 Å². The van der Waals surface area contributed by atoms with Crippen LogP contribution in [-0.2, 0) is 19.1 Å². The van der Waals surface area contributed by atoms with Gasteiger partial charge in [0.25, 0.3) is 5.56 Å². The van der Waals surface area contributed by atoms with Crippen LogP contribution in [0.3, 0.4) is 0 Å². The summed E-state index contributed by atoms with van der Waals surface area (Å²) >= 11 is 0. The van der Waals surface area contributed by atoms with Gasteiger partial charge in [-0.1, -0.05) is 32.0 Å². The third kappa shape index (κ3) is 4.08.